The Kier molecular flexibility index (Phi) is 3.66. The van der Waals surface area contributed by atoms with Crippen LogP contribution in [0, 0.1) is 0 Å². The van der Waals surface area contributed by atoms with Gasteiger partial charge in [-0.15, -0.1) is 11.3 Å². The van der Waals surface area contributed by atoms with Crippen molar-refractivity contribution in [3.05, 3.63) is 47.7 Å². The van der Waals surface area contributed by atoms with E-state index in [4.69, 9.17) is 0 Å². The maximum atomic E-state index is 10.4. The molecule has 1 aliphatic rings. The Hall–Kier alpha value is -2.18. The van der Waals surface area contributed by atoms with Gasteiger partial charge in [0.15, 0.2) is 0 Å². The van der Waals surface area contributed by atoms with E-state index < -0.39 is 5.60 Å². The zero-order valence-electron chi connectivity index (χ0n) is 13.8. The molecule has 6 heteroatoms. The van der Waals surface area contributed by atoms with Crippen molar-refractivity contribution >= 4 is 32.9 Å². The highest BCUT2D eigenvalue weighted by molar-refractivity contribution is 7.16. The molecule has 1 aromatic carbocycles. The first-order valence-electron chi connectivity index (χ1n) is 8.02. The first-order chi connectivity index (χ1) is 11.5. The van der Waals surface area contributed by atoms with Gasteiger partial charge in [-0.2, -0.15) is 0 Å². The van der Waals surface area contributed by atoms with Crippen LogP contribution in [0.3, 0.4) is 0 Å². The van der Waals surface area contributed by atoms with Crippen LogP contribution in [0.1, 0.15) is 19.4 Å². The summed E-state index contributed by atoms with van der Waals surface area (Å²) >= 11 is 1.67. The highest BCUT2D eigenvalue weighted by Crippen LogP contribution is 2.32. The minimum absolute atomic E-state index is 0.791. The molecule has 1 saturated heterocycles. The minimum Gasteiger partial charge on any atom is -0.386 e. The molecule has 124 valence electrons. The van der Waals surface area contributed by atoms with E-state index in [1.165, 1.54) is 10.4 Å². The lowest BCUT2D eigenvalue weighted by molar-refractivity contribution is 0.0790. The van der Waals surface area contributed by atoms with Gasteiger partial charge in [-0.1, -0.05) is 0 Å². The zero-order valence-corrected chi connectivity index (χ0v) is 14.6. The predicted molar refractivity (Wildman–Crippen MR) is 98.7 cm³/mol. The Morgan fingerprint density at radius 1 is 1.17 bits per heavy atom. The van der Waals surface area contributed by atoms with E-state index in [1.54, 1.807) is 17.5 Å². The lowest BCUT2D eigenvalue weighted by Gasteiger charge is -2.27. The molecule has 0 radical (unpaired) electrons. The Bertz CT molecular complexity index is 871. The van der Waals surface area contributed by atoms with Crippen LogP contribution in [0.25, 0.3) is 10.2 Å². The molecule has 0 spiro atoms. The van der Waals surface area contributed by atoms with Gasteiger partial charge in [0.1, 0.15) is 0 Å². The summed E-state index contributed by atoms with van der Waals surface area (Å²) in [5.74, 6) is 0. The van der Waals surface area contributed by atoms with Crippen LogP contribution >= 0.6 is 11.3 Å². The molecule has 0 aliphatic carbocycles. The third kappa shape index (κ3) is 2.72. The minimum atomic E-state index is -0.882. The van der Waals surface area contributed by atoms with Gasteiger partial charge >= 0.3 is 0 Å². The summed E-state index contributed by atoms with van der Waals surface area (Å²) in [7, 11) is 0. The predicted octanol–water partition coefficient (Wildman–Crippen LogP) is 3.20. The molecular formula is C18H20N4OS. The van der Waals surface area contributed by atoms with Gasteiger partial charge in [0.2, 0.25) is 0 Å². The maximum Gasteiger partial charge on any atom is 0.0905 e. The van der Waals surface area contributed by atoms with E-state index in [2.05, 4.69) is 38.0 Å². The molecular weight excluding hydrogens is 320 g/mol. The van der Waals surface area contributed by atoms with E-state index in [1.807, 2.05) is 31.6 Å². The molecule has 0 bridgehead atoms. The van der Waals surface area contributed by atoms with Crippen molar-refractivity contribution < 1.29 is 5.11 Å². The molecule has 0 atom stereocenters. The summed E-state index contributed by atoms with van der Waals surface area (Å²) in [6.07, 6.45) is 3.59. The Morgan fingerprint density at radius 3 is 2.83 bits per heavy atom. The van der Waals surface area contributed by atoms with E-state index in [9.17, 15) is 5.11 Å². The first kappa shape index (κ1) is 15.4. The fraction of sp³-hybridized carbons (Fsp3) is 0.333. The molecule has 1 N–H and O–H groups in total. The van der Waals surface area contributed by atoms with Gasteiger partial charge in [-0.3, -0.25) is 4.98 Å². The molecule has 2 aromatic heterocycles. The molecule has 1 fully saturated rings. The number of rotatable bonds is 3. The van der Waals surface area contributed by atoms with E-state index >= 15 is 0 Å². The van der Waals surface area contributed by atoms with Gasteiger partial charge in [-0.05, 0) is 38.1 Å². The van der Waals surface area contributed by atoms with E-state index in [0.717, 1.165) is 36.5 Å². The maximum absolute atomic E-state index is 10.4. The number of thiazole rings is 1. The van der Waals surface area contributed by atoms with Crippen molar-refractivity contribution in [2.75, 3.05) is 29.6 Å². The number of hydrogen-bond donors (Lipinski definition) is 1. The highest BCUT2D eigenvalue weighted by atomic mass is 32.1. The summed E-state index contributed by atoms with van der Waals surface area (Å²) in [5.41, 5.74) is 5.19. The monoisotopic (exact) mass is 340 g/mol. The average molecular weight is 340 g/mol. The molecule has 0 amide bonds. The second-order valence-electron chi connectivity index (χ2n) is 6.62. The summed E-state index contributed by atoms with van der Waals surface area (Å²) in [6.45, 7) is 6.29. The van der Waals surface area contributed by atoms with Gasteiger partial charge in [0.25, 0.3) is 0 Å². The Labute approximate surface area is 145 Å². The lowest BCUT2D eigenvalue weighted by atomic mass is 9.97. The van der Waals surface area contributed by atoms with Crippen molar-refractivity contribution in [2.24, 2.45) is 0 Å². The summed E-state index contributed by atoms with van der Waals surface area (Å²) < 4.78 is 1.21. The van der Waals surface area contributed by atoms with Crippen LogP contribution in [-0.4, -0.2) is 34.8 Å². The van der Waals surface area contributed by atoms with Crippen molar-refractivity contribution in [3.63, 3.8) is 0 Å². The van der Waals surface area contributed by atoms with E-state index in [-0.39, 0.29) is 0 Å². The standard InChI is InChI=1S/C18H20N4OS/c1-18(2,23)14-5-6-19-10-16(14)22-8-7-21(12-22)13-3-4-15-17(9-13)24-11-20-15/h3-6,9-11,23H,7-8,12H2,1-2H3. The molecule has 5 nitrogen and oxygen atoms in total. The van der Waals surface area contributed by atoms with Crippen LogP contribution in [0.4, 0.5) is 11.4 Å². The second-order valence-corrected chi connectivity index (χ2v) is 7.51. The van der Waals surface area contributed by atoms with Gasteiger partial charge in [-0.25, -0.2) is 4.98 Å². The third-order valence-corrected chi connectivity index (χ3v) is 5.25. The number of nitrogens with zero attached hydrogens (tertiary/aromatic N) is 4. The van der Waals surface area contributed by atoms with Crippen molar-refractivity contribution in [2.45, 2.75) is 19.4 Å². The Morgan fingerprint density at radius 2 is 2.00 bits per heavy atom. The van der Waals surface area contributed by atoms with Crippen LogP contribution in [0.2, 0.25) is 0 Å². The molecule has 1 aliphatic heterocycles. The summed E-state index contributed by atoms with van der Waals surface area (Å²) in [5, 5.41) is 10.4. The topological polar surface area (TPSA) is 52.5 Å². The van der Waals surface area contributed by atoms with Crippen LogP contribution in [0.15, 0.2) is 42.2 Å². The highest BCUT2D eigenvalue weighted by Gasteiger charge is 2.27. The fourth-order valence-electron chi connectivity index (χ4n) is 3.19. The lowest BCUT2D eigenvalue weighted by Crippen LogP contribution is -2.28. The quantitative estimate of drug-likeness (QED) is 0.793. The molecule has 0 saturated carbocycles. The Balaban J connectivity index is 1.61. The third-order valence-electron chi connectivity index (χ3n) is 4.46. The SMILES string of the molecule is CC(C)(O)c1ccncc1N1CCN(c2ccc3ncsc3c2)C1. The van der Waals surface area contributed by atoms with Crippen molar-refractivity contribution in [1.82, 2.24) is 9.97 Å². The smallest absolute Gasteiger partial charge is 0.0905 e. The average Bonchev–Trinajstić information content (AvgIpc) is 3.22. The molecule has 0 unspecified atom stereocenters. The molecule has 3 aromatic rings. The summed E-state index contributed by atoms with van der Waals surface area (Å²) in [4.78, 5) is 13.2. The van der Waals surface area contributed by atoms with Gasteiger partial charge < -0.3 is 14.9 Å². The largest absolute Gasteiger partial charge is 0.386 e. The fourth-order valence-corrected chi connectivity index (χ4v) is 3.90. The number of pyridine rings is 1. The van der Waals surface area contributed by atoms with Crippen molar-refractivity contribution in [3.8, 4) is 0 Å². The molecule has 3 heterocycles. The van der Waals surface area contributed by atoms with Gasteiger partial charge in [0, 0.05) is 30.5 Å². The van der Waals surface area contributed by atoms with Crippen LogP contribution in [-0.2, 0) is 5.60 Å². The van der Waals surface area contributed by atoms with Gasteiger partial charge in [0.05, 0.1) is 39.9 Å². The van der Waals surface area contributed by atoms with E-state index in [0.29, 0.717) is 0 Å². The first-order valence-corrected chi connectivity index (χ1v) is 8.90. The number of aliphatic hydroxyl groups is 1. The van der Waals surface area contributed by atoms with Crippen molar-refractivity contribution in [1.29, 1.82) is 0 Å². The molecule has 4 rings (SSSR count). The number of fused-ring (bicyclic) bond motifs is 1. The number of aromatic nitrogens is 2. The number of benzene rings is 1. The summed E-state index contributed by atoms with van der Waals surface area (Å²) in [6, 6.07) is 8.32. The number of anilines is 2. The normalized spacial score (nSPS) is 15.5. The molecule has 24 heavy (non-hydrogen) atoms. The zero-order chi connectivity index (χ0) is 16.7. The van der Waals surface area contributed by atoms with Crippen LogP contribution < -0.4 is 9.80 Å². The number of hydrogen-bond acceptors (Lipinski definition) is 6. The second kappa shape index (κ2) is 5.72. The van der Waals surface area contributed by atoms with Crippen LogP contribution in [0.5, 0.6) is 0 Å².